The van der Waals surface area contributed by atoms with Gasteiger partial charge in [0.2, 0.25) is 0 Å². The van der Waals surface area contributed by atoms with Gasteiger partial charge in [-0.3, -0.25) is 4.99 Å². The Hall–Kier alpha value is -0.650. The Bertz CT molecular complexity index is 619. The van der Waals surface area contributed by atoms with Gasteiger partial charge >= 0.3 is 0 Å². The molecule has 0 fully saturated rings. The Labute approximate surface area is 172 Å². The van der Waals surface area contributed by atoms with Crippen molar-refractivity contribution in [2.45, 2.75) is 30.1 Å². The predicted octanol–water partition coefficient (Wildman–Crippen LogP) is 2.36. The maximum Gasteiger partial charge on any atom is 0.193 e. The smallest absolute Gasteiger partial charge is 0.193 e. The fourth-order valence-electron chi connectivity index (χ4n) is 2.07. The van der Waals surface area contributed by atoms with Crippen molar-refractivity contribution in [1.82, 2.24) is 10.2 Å². The molecule has 0 saturated heterocycles. The molecule has 144 valence electrons. The number of unbranched alkanes of at least 4 members (excludes halogenated alkanes) is 1. The molecule has 0 radical (unpaired) electrons. The molecule has 6 nitrogen and oxygen atoms in total. The van der Waals surface area contributed by atoms with Crippen molar-refractivity contribution in [3.8, 4) is 0 Å². The van der Waals surface area contributed by atoms with Gasteiger partial charge in [-0.2, -0.15) is 0 Å². The van der Waals surface area contributed by atoms with Gasteiger partial charge in [0, 0.05) is 20.1 Å². The number of thiophene rings is 1. The first-order valence-corrected chi connectivity index (χ1v) is 10.5. The summed E-state index contributed by atoms with van der Waals surface area (Å²) in [6.45, 7) is 7.21. The SMILES string of the molecule is C=CCCCN(C)C(=NCC(O)CS(=O)(=O)c1cccs1)NCC.I. The summed E-state index contributed by atoms with van der Waals surface area (Å²) in [6, 6.07) is 3.23. The lowest BCUT2D eigenvalue weighted by atomic mass is 10.3. The van der Waals surface area contributed by atoms with Crippen molar-refractivity contribution >= 4 is 51.1 Å². The number of aliphatic hydroxyl groups is 1. The summed E-state index contributed by atoms with van der Waals surface area (Å²) < 4.78 is 24.6. The minimum absolute atomic E-state index is 0. The molecule has 1 rings (SSSR count). The first-order valence-electron chi connectivity index (χ1n) is 7.95. The largest absolute Gasteiger partial charge is 0.390 e. The minimum Gasteiger partial charge on any atom is -0.390 e. The first kappa shape index (κ1) is 24.4. The number of nitrogens with one attached hydrogen (secondary N) is 1. The maximum atomic E-state index is 12.1. The molecular formula is C16H28IN3O3S2. The Morgan fingerprint density at radius 2 is 2.28 bits per heavy atom. The summed E-state index contributed by atoms with van der Waals surface area (Å²) >= 11 is 1.16. The van der Waals surface area contributed by atoms with E-state index in [1.807, 2.05) is 24.9 Å². The Kier molecular flexibility index (Phi) is 12.3. The van der Waals surface area contributed by atoms with Crippen LogP contribution in [0.25, 0.3) is 0 Å². The quantitative estimate of drug-likeness (QED) is 0.169. The van der Waals surface area contributed by atoms with Crippen molar-refractivity contribution in [3.05, 3.63) is 30.2 Å². The van der Waals surface area contributed by atoms with Crippen LogP contribution in [0.5, 0.6) is 0 Å². The average Bonchev–Trinajstić information content (AvgIpc) is 3.06. The van der Waals surface area contributed by atoms with Gasteiger partial charge in [0.25, 0.3) is 0 Å². The van der Waals surface area contributed by atoms with E-state index < -0.39 is 15.9 Å². The zero-order valence-electron chi connectivity index (χ0n) is 14.7. The van der Waals surface area contributed by atoms with Crippen LogP contribution in [-0.4, -0.2) is 62.9 Å². The van der Waals surface area contributed by atoms with Gasteiger partial charge in [-0.15, -0.1) is 41.9 Å². The molecule has 2 N–H and O–H groups in total. The lowest BCUT2D eigenvalue weighted by molar-refractivity contribution is 0.205. The van der Waals surface area contributed by atoms with Gasteiger partial charge in [0.1, 0.15) is 4.21 Å². The molecule has 1 heterocycles. The number of rotatable bonds is 10. The van der Waals surface area contributed by atoms with Crippen molar-refractivity contribution in [3.63, 3.8) is 0 Å². The lowest BCUT2D eigenvalue weighted by Gasteiger charge is -2.22. The van der Waals surface area contributed by atoms with Crippen LogP contribution in [0.2, 0.25) is 0 Å². The molecule has 0 aliphatic rings. The second-order valence-electron chi connectivity index (χ2n) is 5.41. The van der Waals surface area contributed by atoms with E-state index in [1.54, 1.807) is 17.5 Å². The third-order valence-electron chi connectivity index (χ3n) is 3.26. The topological polar surface area (TPSA) is 82.0 Å². The molecule has 9 heteroatoms. The number of hydrogen-bond donors (Lipinski definition) is 2. The average molecular weight is 501 g/mol. The Morgan fingerprint density at radius 1 is 1.56 bits per heavy atom. The van der Waals surface area contributed by atoms with E-state index in [0.29, 0.717) is 12.5 Å². The molecule has 0 amide bonds. The van der Waals surface area contributed by atoms with Gasteiger partial charge in [0.15, 0.2) is 15.8 Å². The molecule has 1 aromatic rings. The molecule has 25 heavy (non-hydrogen) atoms. The van der Waals surface area contributed by atoms with Gasteiger partial charge in [-0.1, -0.05) is 12.1 Å². The van der Waals surface area contributed by atoms with Crippen molar-refractivity contribution < 1.29 is 13.5 Å². The summed E-state index contributed by atoms with van der Waals surface area (Å²) in [5.74, 6) is 0.338. The van der Waals surface area contributed by atoms with Crippen molar-refractivity contribution in [2.75, 3.05) is 32.4 Å². The van der Waals surface area contributed by atoms with Gasteiger partial charge in [-0.05, 0) is 31.2 Å². The van der Waals surface area contributed by atoms with E-state index in [-0.39, 0.29) is 40.5 Å². The second-order valence-corrected chi connectivity index (χ2v) is 8.62. The van der Waals surface area contributed by atoms with E-state index >= 15 is 0 Å². The highest BCUT2D eigenvalue weighted by Gasteiger charge is 2.20. The molecule has 0 spiro atoms. The molecule has 0 bridgehead atoms. The first-order chi connectivity index (χ1) is 11.4. The monoisotopic (exact) mass is 501 g/mol. The summed E-state index contributed by atoms with van der Waals surface area (Å²) in [5, 5.41) is 14.9. The molecule has 0 aliphatic carbocycles. The number of nitrogens with zero attached hydrogens (tertiary/aromatic N) is 2. The third kappa shape index (κ3) is 9.02. The molecule has 1 aromatic heterocycles. The highest BCUT2D eigenvalue weighted by Crippen LogP contribution is 2.18. The van der Waals surface area contributed by atoms with Crippen LogP contribution in [0.15, 0.2) is 39.4 Å². The number of aliphatic hydroxyl groups excluding tert-OH is 1. The van der Waals surface area contributed by atoms with E-state index in [4.69, 9.17) is 0 Å². The van der Waals surface area contributed by atoms with Gasteiger partial charge in [0.05, 0.1) is 18.4 Å². The van der Waals surface area contributed by atoms with Crippen molar-refractivity contribution in [1.29, 1.82) is 0 Å². The van der Waals surface area contributed by atoms with Gasteiger partial charge < -0.3 is 15.3 Å². The number of aliphatic imine (C=N–C) groups is 1. The summed E-state index contributed by atoms with van der Waals surface area (Å²) in [4.78, 5) is 6.32. The highest BCUT2D eigenvalue weighted by atomic mass is 127. The third-order valence-corrected chi connectivity index (χ3v) is 6.55. The van der Waals surface area contributed by atoms with E-state index in [1.165, 1.54) is 0 Å². The summed E-state index contributed by atoms with van der Waals surface area (Å²) in [5.41, 5.74) is 0. The fourth-order valence-corrected chi connectivity index (χ4v) is 4.54. The number of sulfone groups is 1. The Morgan fingerprint density at radius 3 is 2.84 bits per heavy atom. The summed E-state index contributed by atoms with van der Waals surface area (Å²) in [7, 11) is -1.54. The second kappa shape index (κ2) is 12.7. The normalized spacial score (nSPS) is 13.0. The fraction of sp³-hybridized carbons (Fsp3) is 0.562. The number of halogens is 1. The highest BCUT2D eigenvalue weighted by molar-refractivity contribution is 14.0. The van der Waals surface area contributed by atoms with Crippen LogP contribution in [0.4, 0.5) is 0 Å². The molecule has 1 unspecified atom stereocenters. The molecule has 0 aliphatic heterocycles. The van der Waals surface area contributed by atoms with Crippen LogP contribution in [-0.2, 0) is 9.84 Å². The van der Waals surface area contributed by atoms with Crippen LogP contribution >= 0.6 is 35.3 Å². The number of allylic oxidation sites excluding steroid dienone is 1. The van der Waals surface area contributed by atoms with Crippen molar-refractivity contribution in [2.24, 2.45) is 4.99 Å². The van der Waals surface area contributed by atoms with E-state index in [2.05, 4.69) is 16.9 Å². The van der Waals surface area contributed by atoms with Crippen LogP contribution in [0, 0.1) is 0 Å². The number of hydrogen-bond acceptors (Lipinski definition) is 5. The molecule has 0 aromatic carbocycles. The van der Waals surface area contributed by atoms with Gasteiger partial charge in [-0.25, -0.2) is 8.42 Å². The Balaban J connectivity index is 0.00000576. The number of guanidine groups is 1. The van der Waals surface area contributed by atoms with Crippen LogP contribution < -0.4 is 5.32 Å². The van der Waals surface area contributed by atoms with Crippen LogP contribution in [0.1, 0.15) is 19.8 Å². The summed E-state index contributed by atoms with van der Waals surface area (Å²) in [6.07, 6.45) is 2.72. The molecule has 1 atom stereocenters. The molecular weight excluding hydrogens is 473 g/mol. The van der Waals surface area contributed by atoms with E-state index in [0.717, 1.165) is 30.7 Å². The zero-order chi connectivity index (χ0) is 18.0. The maximum absolute atomic E-state index is 12.1. The standard InChI is InChI=1S/C16H27N3O3S2.HI/c1-4-6-7-10-19(3)16(17-5-2)18-12-14(20)13-24(21,22)15-9-8-11-23-15;/h4,8-9,11,14,20H,1,5-7,10,12-13H2,2-3H3,(H,17,18);1H. The lowest BCUT2D eigenvalue weighted by Crippen LogP contribution is -2.40. The van der Waals surface area contributed by atoms with Crippen LogP contribution in [0.3, 0.4) is 0 Å². The molecule has 0 saturated carbocycles. The van der Waals surface area contributed by atoms with E-state index in [9.17, 15) is 13.5 Å². The zero-order valence-corrected chi connectivity index (χ0v) is 18.7. The predicted molar refractivity (Wildman–Crippen MR) is 116 cm³/mol. The minimum atomic E-state index is -3.46.